The van der Waals surface area contributed by atoms with Crippen LogP contribution in [0.15, 0.2) is 24.3 Å². The summed E-state index contributed by atoms with van der Waals surface area (Å²) in [4.78, 5) is 34.7. The molecule has 2 amide bonds. The van der Waals surface area contributed by atoms with Gasteiger partial charge in [0, 0.05) is 12.1 Å². The molecule has 5 N–H and O–H groups in total. The highest BCUT2D eigenvalue weighted by atomic mass is 16.5. The summed E-state index contributed by atoms with van der Waals surface area (Å²) in [7, 11) is 1.52. The number of hydrogen-bond acceptors (Lipinski definition) is 5. The summed E-state index contributed by atoms with van der Waals surface area (Å²) < 4.78 is 5.01. The Bertz CT molecular complexity index is 586. The number of amides is 2. The van der Waals surface area contributed by atoms with E-state index in [0.717, 1.165) is 0 Å². The number of aliphatic carboxylic acids is 1. The Morgan fingerprint density at radius 3 is 2.36 bits per heavy atom. The molecule has 8 nitrogen and oxygen atoms in total. The minimum absolute atomic E-state index is 0.248. The Balaban J connectivity index is 2.44. The van der Waals surface area contributed by atoms with Gasteiger partial charge in [0.15, 0.2) is 0 Å². The predicted molar refractivity (Wildman–Crippen MR) is 92.4 cm³/mol. The minimum Gasteiger partial charge on any atom is -0.497 e. The zero-order chi connectivity index (χ0) is 18.8. The van der Waals surface area contributed by atoms with Crippen LogP contribution in [-0.2, 0) is 9.59 Å². The molecule has 0 aromatic heterocycles. The van der Waals surface area contributed by atoms with Crippen molar-refractivity contribution in [1.29, 1.82) is 0 Å². The molecule has 0 heterocycles. The Hall–Kier alpha value is -2.61. The summed E-state index contributed by atoms with van der Waals surface area (Å²) in [6, 6.07) is 4.83. The molecule has 0 spiro atoms. The van der Waals surface area contributed by atoms with Crippen LogP contribution < -0.4 is 21.1 Å². The highest BCUT2D eigenvalue weighted by Crippen LogP contribution is 2.12. The Morgan fingerprint density at radius 1 is 1.20 bits per heavy atom. The van der Waals surface area contributed by atoms with Gasteiger partial charge in [0.1, 0.15) is 11.8 Å². The Morgan fingerprint density at radius 2 is 1.84 bits per heavy atom. The van der Waals surface area contributed by atoms with Crippen molar-refractivity contribution in [3.8, 4) is 5.75 Å². The molecule has 1 aromatic rings. The molecule has 0 fully saturated rings. The second-order valence-electron chi connectivity index (χ2n) is 5.67. The largest absolute Gasteiger partial charge is 0.497 e. The number of hydrogen-bond donors (Lipinski definition) is 4. The van der Waals surface area contributed by atoms with Crippen LogP contribution in [0.25, 0.3) is 0 Å². The molecule has 0 aliphatic carbocycles. The van der Waals surface area contributed by atoms with E-state index in [1.54, 1.807) is 31.2 Å². The topological polar surface area (TPSA) is 131 Å². The first kappa shape index (κ1) is 20.4. The standard InChI is InChI=1S/C17H25N3O5/c1-11(18)15(21)19-10-4-3-5-14(17(23)24)20-16(22)12-6-8-13(25-2)9-7-12/h6-9,11,14H,3-5,10,18H2,1-2H3,(H,19,21)(H,20,22)(H,23,24)/t11-,14-/m0/s1. The number of carbonyl (C=O) groups is 3. The molecule has 0 radical (unpaired) electrons. The van der Waals surface area contributed by atoms with Crippen LogP contribution in [0.4, 0.5) is 0 Å². The van der Waals surface area contributed by atoms with Crippen molar-refractivity contribution in [1.82, 2.24) is 10.6 Å². The highest BCUT2D eigenvalue weighted by molar-refractivity contribution is 5.96. The molecule has 1 rings (SSSR count). The van der Waals surface area contributed by atoms with E-state index < -0.39 is 24.0 Å². The van der Waals surface area contributed by atoms with Crippen LogP contribution in [0.3, 0.4) is 0 Å². The Labute approximate surface area is 146 Å². The van der Waals surface area contributed by atoms with E-state index in [4.69, 9.17) is 10.5 Å². The van der Waals surface area contributed by atoms with Crippen LogP contribution in [0.2, 0.25) is 0 Å². The van der Waals surface area contributed by atoms with E-state index in [9.17, 15) is 19.5 Å². The van der Waals surface area contributed by atoms with Crippen molar-refractivity contribution in [2.75, 3.05) is 13.7 Å². The quantitative estimate of drug-likeness (QED) is 0.454. The number of unbranched alkanes of at least 4 members (excludes halogenated alkanes) is 1. The molecule has 1 aromatic carbocycles. The van der Waals surface area contributed by atoms with Gasteiger partial charge in [-0.15, -0.1) is 0 Å². The maximum absolute atomic E-state index is 12.1. The SMILES string of the molecule is COc1ccc(C(=O)N[C@@H](CCCCNC(=O)[C@H](C)N)C(=O)O)cc1. The van der Waals surface area contributed by atoms with E-state index in [0.29, 0.717) is 30.7 Å². The molecule has 0 saturated heterocycles. The van der Waals surface area contributed by atoms with Gasteiger partial charge >= 0.3 is 5.97 Å². The number of nitrogens with one attached hydrogen (secondary N) is 2. The van der Waals surface area contributed by atoms with Gasteiger partial charge in [0.25, 0.3) is 5.91 Å². The van der Waals surface area contributed by atoms with Crippen LogP contribution >= 0.6 is 0 Å². The zero-order valence-electron chi connectivity index (χ0n) is 14.5. The second-order valence-corrected chi connectivity index (χ2v) is 5.67. The van der Waals surface area contributed by atoms with Gasteiger partial charge in [-0.1, -0.05) is 0 Å². The third-order valence-corrected chi connectivity index (χ3v) is 3.59. The number of rotatable bonds is 10. The molecule has 0 bridgehead atoms. The number of ether oxygens (including phenoxy) is 1. The summed E-state index contributed by atoms with van der Waals surface area (Å²) in [6.07, 6.45) is 1.41. The fourth-order valence-electron chi connectivity index (χ4n) is 2.09. The van der Waals surface area contributed by atoms with Crippen LogP contribution in [-0.4, -0.2) is 48.6 Å². The summed E-state index contributed by atoms with van der Waals surface area (Å²) >= 11 is 0. The van der Waals surface area contributed by atoms with Gasteiger partial charge in [0.2, 0.25) is 5.91 Å². The number of carboxylic acids is 1. The second kappa shape index (κ2) is 10.3. The van der Waals surface area contributed by atoms with Crippen molar-refractivity contribution in [3.63, 3.8) is 0 Å². The third-order valence-electron chi connectivity index (χ3n) is 3.59. The molecule has 0 aliphatic rings. The molecule has 138 valence electrons. The normalized spacial score (nSPS) is 12.8. The molecule has 2 atom stereocenters. The van der Waals surface area contributed by atoms with E-state index >= 15 is 0 Å². The fraction of sp³-hybridized carbons (Fsp3) is 0.471. The average Bonchev–Trinajstić information content (AvgIpc) is 2.59. The smallest absolute Gasteiger partial charge is 0.326 e. The molecule has 8 heteroatoms. The zero-order valence-corrected chi connectivity index (χ0v) is 14.5. The predicted octanol–water partition coefficient (Wildman–Crippen LogP) is 0.512. The lowest BCUT2D eigenvalue weighted by Crippen LogP contribution is -2.41. The molecule has 0 aliphatic heterocycles. The van der Waals surface area contributed by atoms with E-state index in [2.05, 4.69) is 10.6 Å². The number of carbonyl (C=O) groups excluding carboxylic acids is 2. The molecule has 25 heavy (non-hydrogen) atoms. The first-order valence-corrected chi connectivity index (χ1v) is 8.06. The van der Waals surface area contributed by atoms with Crippen molar-refractivity contribution in [2.24, 2.45) is 5.73 Å². The first-order chi connectivity index (χ1) is 11.8. The number of carboxylic acid groups (broad SMARTS) is 1. The number of nitrogens with two attached hydrogens (primary N) is 1. The van der Waals surface area contributed by atoms with E-state index in [-0.39, 0.29) is 12.3 Å². The monoisotopic (exact) mass is 351 g/mol. The third kappa shape index (κ3) is 7.21. The molecular formula is C17H25N3O5. The maximum Gasteiger partial charge on any atom is 0.326 e. The molecule has 0 saturated carbocycles. The van der Waals surface area contributed by atoms with Gasteiger partial charge in [0.05, 0.1) is 13.2 Å². The first-order valence-electron chi connectivity index (χ1n) is 8.06. The van der Waals surface area contributed by atoms with Gasteiger partial charge < -0.3 is 26.2 Å². The summed E-state index contributed by atoms with van der Waals surface area (Å²) in [6.45, 7) is 2.00. The minimum atomic E-state index is -1.10. The lowest BCUT2D eigenvalue weighted by Gasteiger charge is -2.15. The maximum atomic E-state index is 12.1. The molecule has 0 unspecified atom stereocenters. The number of methoxy groups -OCH3 is 1. The van der Waals surface area contributed by atoms with Crippen molar-refractivity contribution >= 4 is 17.8 Å². The summed E-state index contributed by atoms with van der Waals surface area (Å²) in [5.74, 6) is -1.19. The van der Waals surface area contributed by atoms with Crippen LogP contribution in [0.1, 0.15) is 36.5 Å². The molecular weight excluding hydrogens is 326 g/mol. The van der Waals surface area contributed by atoms with Gasteiger partial charge in [-0.2, -0.15) is 0 Å². The van der Waals surface area contributed by atoms with Crippen LogP contribution in [0.5, 0.6) is 5.75 Å². The average molecular weight is 351 g/mol. The summed E-state index contributed by atoms with van der Waals surface area (Å²) in [5.41, 5.74) is 5.78. The van der Waals surface area contributed by atoms with Crippen molar-refractivity contribution in [2.45, 2.75) is 38.3 Å². The van der Waals surface area contributed by atoms with Gasteiger partial charge in [-0.05, 0) is 50.5 Å². The van der Waals surface area contributed by atoms with E-state index in [1.807, 2.05) is 0 Å². The lowest BCUT2D eigenvalue weighted by atomic mass is 10.1. The number of benzene rings is 1. The van der Waals surface area contributed by atoms with Crippen LogP contribution in [0, 0.1) is 0 Å². The summed E-state index contributed by atoms with van der Waals surface area (Å²) in [5, 5.41) is 14.4. The lowest BCUT2D eigenvalue weighted by molar-refractivity contribution is -0.139. The highest BCUT2D eigenvalue weighted by Gasteiger charge is 2.20. The van der Waals surface area contributed by atoms with Crippen molar-refractivity contribution in [3.05, 3.63) is 29.8 Å². The van der Waals surface area contributed by atoms with Crippen molar-refractivity contribution < 1.29 is 24.2 Å². The van der Waals surface area contributed by atoms with E-state index in [1.165, 1.54) is 7.11 Å². The Kier molecular flexibility index (Phi) is 8.42. The fourth-order valence-corrected chi connectivity index (χ4v) is 2.09. The van der Waals surface area contributed by atoms with Gasteiger partial charge in [-0.3, -0.25) is 9.59 Å². The van der Waals surface area contributed by atoms with Gasteiger partial charge in [-0.25, -0.2) is 4.79 Å².